The third-order valence-corrected chi connectivity index (χ3v) is 2.31. The van der Waals surface area contributed by atoms with Crippen LogP contribution in [0, 0.1) is 0 Å². The van der Waals surface area contributed by atoms with Gasteiger partial charge in [0.1, 0.15) is 5.57 Å². The quantitative estimate of drug-likeness (QED) is 0.533. The maximum atomic E-state index is 11.8. The van der Waals surface area contributed by atoms with E-state index >= 15 is 0 Å². The minimum absolute atomic E-state index is 0.153. The van der Waals surface area contributed by atoms with Gasteiger partial charge in [-0.25, -0.2) is 4.99 Å². The first-order chi connectivity index (χ1) is 6.74. The van der Waals surface area contributed by atoms with Crippen molar-refractivity contribution in [3.05, 3.63) is 24.4 Å². The summed E-state index contributed by atoms with van der Waals surface area (Å²) in [4.78, 5) is 17.4. The number of aliphatic imine (C=N–C) groups is 1. The zero-order chi connectivity index (χ0) is 10.1. The van der Waals surface area contributed by atoms with E-state index in [1.807, 2.05) is 0 Å². The minimum Gasteiger partial charge on any atom is -0.304 e. The van der Waals surface area contributed by atoms with E-state index in [0.717, 1.165) is 0 Å². The molecule has 0 aromatic carbocycles. The molecule has 14 heavy (non-hydrogen) atoms. The zero-order valence-corrected chi connectivity index (χ0v) is 8.19. The second kappa shape index (κ2) is 3.38. The smallest absolute Gasteiger partial charge is 0.262 e. The van der Waals surface area contributed by atoms with Gasteiger partial charge in [0.05, 0.1) is 6.20 Å². The zero-order valence-electron chi connectivity index (χ0n) is 7.29. The van der Waals surface area contributed by atoms with Gasteiger partial charge in [-0.1, -0.05) is 6.08 Å². The van der Waals surface area contributed by atoms with Gasteiger partial charge in [-0.05, 0) is 0 Å². The highest BCUT2D eigenvalue weighted by Gasteiger charge is 2.32. The van der Waals surface area contributed by atoms with Crippen molar-refractivity contribution in [1.29, 1.82) is 0 Å². The van der Waals surface area contributed by atoms with Crippen molar-refractivity contribution in [3.8, 4) is 0 Å². The van der Waals surface area contributed by atoms with Gasteiger partial charge in [-0.2, -0.15) is 5.11 Å². The number of nitrogens with zero attached hydrogens (tertiary/aromatic N) is 4. The Balaban J connectivity index is 2.35. The molecule has 5 nitrogen and oxygen atoms in total. The fourth-order valence-electron chi connectivity index (χ4n) is 1.25. The van der Waals surface area contributed by atoms with E-state index in [2.05, 4.69) is 34.4 Å². The maximum Gasteiger partial charge on any atom is 0.262 e. The summed E-state index contributed by atoms with van der Waals surface area (Å²) < 4.78 is 0. The highest BCUT2D eigenvalue weighted by Crippen LogP contribution is 2.22. The molecule has 2 rings (SSSR count). The molecular weight excluding hydrogens is 200 g/mol. The van der Waals surface area contributed by atoms with Gasteiger partial charge in [0, 0.05) is 6.54 Å². The molecule has 0 N–H and O–H groups in total. The molecule has 1 unspecified atom stereocenters. The standard InChI is InChI=1S/C8H8N4OS/c1-2-3-12-7(13)5-4-9-11-6(5)10-8(12)14/h2,4,8,14H,1,3H2. The number of hydrogen-bond donors (Lipinski definition) is 1. The molecule has 0 radical (unpaired) electrons. The van der Waals surface area contributed by atoms with Crippen LogP contribution < -0.4 is 0 Å². The van der Waals surface area contributed by atoms with Crippen molar-refractivity contribution in [2.45, 2.75) is 5.50 Å². The van der Waals surface area contributed by atoms with Crippen molar-refractivity contribution in [2.75, 3.05) is 6.54 Å². The number of rotatable bonds is 2. The van der Waals surface area contributed by atoms with Gasteiger partial charge in [-0.3, -0.25) is 4.79 Å². The topological polar surface area (TPSA) is 57.4 Å². The average molecular weight is 208 g/mol. The number of amidine groups is 1. The van der Waals surface area contributed by atoms with Gasteiger partial charge in [-0.15, -0.1) is 24.3 Å². The van der Waals surface area contributed by atoms with Gasteiger partial charge in [0.15, 0.2) is 11.3 Å². The second-order valence-electron chi connectivity index (χ2n) is 2.80. The summed E-state index contributed by atoms with van der Waals surface area (Å²) in [5.74, 6) is 0.218. The summed E-state index contributed by atoms with van der Waals surface area (Å²) in [6.45, 7) is 3.98. The van der Waals surface area contributed by atoms with Crippen LogP contribution in [0.5, 0.6) is 0 Å². The van der Waals surface area contributed by atoms with E-state index in [0.29, 0.717) is 18.0 Å². The lowest BCUT2D eigenvalue weighted by Gasteiger charge is -2.28. The Morgan fingerprint density at radius 3 is 3.21 bits per heavy atom. The molecular formula is C8H8N4OS. The molecule has 2 heterocycles. The molecule has 1 atom stereocenters. The Morgan fingerprint density at radius 2 is 2.50 bits per heavy atom. The minimum atomic E-state index is -0.496. The lowest BCUT2D eigenvalue weighted by molar-refractivity contribution is -0.126. The molecule has 0 spiro atoms. The van der Waals surface area contributed by atoms with Crippen LogP contribution in [0.15, 0.2) is 39.6 Å². The van der Waals surface area contributed by atoms with Crippen LogP contribution >= 0.6 is 12.6 Å². The Morgan fingerprint density at radius 1 is 1.71 bits per heavy atom. The highest BCUT2D eigenvalue weighted by molar-refractivity contribution is 7.80. The predicted octanol–water partition coefficient (Wildman–Crippen LogP) is 0.976. The van der Waals surface area contributed by atoms with Crippen molar-refractivity contribution in [3.63, 3.8) is 0 Å². The Bertz CT molecular complexity index is 385. The van der Waals surface area contributed by atoms with Crippen molar-refractivity contribution >= 4 is 24.4 Å². The van der Waals surface area contributed by atoms with Crippen molar-refractivity contribution in [1.82, 2.24) is 4.90 Å². The van der Waals surface area contributed by atoms with Gasteiger partial charge in [0.2, 0.25) is 0 Å². The van der Waals surface area contributed by atoms with Crippen LogP contribution in [-0.2, 0) is 4.79 Å². The lowest BCUT2D eigenvalue weighted by Crippen LogP contribution is -2.42. The van der Waals surface area contributed by atoms with Gasteiger partial charge in [0.25, 0.3) is 5.91 Å². The van der Waals surface area contributed by atoms with Crippen molar-refractivity contribution in [2.24, 2.45) is 15.2 Å². The largest absolute Gasteiger partial charge is 0.304 e. The Labute approximate surface area is 86.3 Å². The van der Waals surface area contributed by atoms with Crippen LogP contribution in [-0.4, -0.2) is 28.7 Å². The van der Waals surface area contributed by atoms with Crippen LogP contribution in [0.3, 0.4) is 0 Å². The first-order valence-electron chi connectivity index (χ1n) is 4.03. The molecule has 0 bridgehead atoms. The fourth-order valence-corrected chi connectivity index (χ4v) is 1.56. The van der Waals surface area contributed by atoms with E-state index in [-0.39, 0.29) is 5.91 Å². The SMILES string of the molecule is C=CCN1C(=O)C2=CN=NC2=NC1S. The third-order valence-electron chi connectivity index (χ3n) is 1.91. The molecule has 2 aliphatic rings. The molecule has 0 aliphatic carbocycles. The molecule has 0 fully saturated rings. The van der Waals surface area contributed by atoms with E-state index in [1.165, 1.54) is 11.1 Å². The lowest BCUT2D eigenvalue weighted by atomic mass is 10.2. The molecule has 6 heteroatoms. The van der Waals surface area contributed by atoms with Gasteiger partial charge < -0.3 is 4.90 Å². The molecule has 2 aliphatic heterocycles. The summed E-state index contributed by atoms with van der Waals surface area (Å²) >= 11 is 4.17. The average Bonchev–Trinajstić information content (AvgIpc) is 2.60. The van der Waals surface area contributed by atoms with Crippen LogP contribution in [0.4, 0.5) is 0 Å². The van der Waals surface area contributed by atoms with Crippen molar-refractivity contribution < 1.29 is 4.79 Å². The first-order valence-corrected chi connectivity index (χ1v) is 4.55. The number of azo groups is 1. The third kappa shape index (κ3) is 1.27. The predicted molar refractivity (Wildman–Crippen MR) is 55.1 cm³/mol. The number of carbonyl (C=O) groups excluding carboxylic acids is 1. The fraction of sp³-hybridized carbons (Fsp3) is 0.250. The Kier molecular flexibility index (Phi) is 2.20. The summed E-state index contributed by atoms with van der Waals surface area (Å²) in [5, 5.41) is 7.35. The summed E-state index contributed by atoms with van der Waals surface area (Å²) in [6.07, 6.45) is 3.04. The number of hydrogen-bond acceptors (Lipinski definition) is 5. The van der Waals surface area contributed by atoms with Crippen LogP contribution in [0.1, 0.15) is 0 Å². The van der Waals surface area contributed by atoms with Gasteiger partial charge >= 0.3 is 0 Å². The van der Waals surface area contributed by atoms with E-state index in [4.69, 9.17) is 0 Å². The summed E-state index contributed by atoms with van der Waals surface area (Å²) in [5.41, 5.74) is -0.0677. The Hall–Kier alpha value is -1.43. The van der Waals surface area contributed by atoms with E-state index < -0.39 is 5.50 Å². The molecule has 0 saturated carbocycles. The first kappa shape index (κ1) is 9.14. The molecule has 0 aromatic heterocycles. The molecule has 0 aromatic rings. The number of carbonyl (C=O) groups is 1. The monoisotopic (exact) mass is 208 g/mol. The number of fused-ring (bicyclic) bond motifs is 1. The summed E-state index contributed by atoms with van der Waals surface area (Å²) in [6, 6.07) is 0. The maximum absolute atomic E-state index is 11.8. The van der Waals surface area contributed by atoms with E-state index in [1.54, 1.807) is 6.08 Å². The molecule has 1 amide bonds. The normalized spacial score (nSPS) is 24.5. The highest BCUT2D eigenvalue weighted by atomic mass is 32.1. The van der Waals surface area contributed by atoms with Crippen LogP contribution in [0.2, 0.25) is 0 Å². The molecule has 72 valence electrons. The molecule has 0 saturated heterocycles. The number of thiol groups is 1. The van der Waals surface area contributed by atoms with E-state index in [9.17, 15) is 4.79 Å². The summed E-state index contributed by atoms with van der Waals surface area (Å²) in [7, 11) is 0. The number of amides is 1. The van der Waals surface area contributed by atoms with Crippen LogP contribution in [0.25, 0.3) is 0 Å². The second-order valence-corrected chi connectivity index (χ2v) is 3.27.